The third-order valence-corrected chi connectivity index (χ3v) is 4.79. The van der Waals surface area contributed by atoms with Crippen molar-refractivity contribution in [2.75, 3.05) is 6.61 Å². The summed E-state index contributed by atoms with van der Waals surface area (Å²) in [4.78, 5) is 11.0. The van der Waals surface area contributed by atoms with Gasteiger partial charge < -0.3 is 4.74 Å². The number of ether oxygens (including phenoxy) is 1. The molecule has 0 aromatic heterocycles. The van der Waals surface area contributed by atoms with Gasteiger partial charge >= 0.3 is 5.97 Å². The highest BCUT2D eigenvalue weighted by Crippen LogP contribution is 2.22. The summed E-state index contributed by atoms with van der Waals surface area (Å²) in [5, 5.41) is 0. The molecule has 2 heteroatoms. The SMILES string of the molecule is CC(C)CCCC(C)CCCC(C)CCCC1=CC(=O)OC1. The third-order valence-electron chi connectivity index (χ3n) is 4.79. The van der Waals surface area contributed by atoms with Gasteiger partial charge in [0.15, 0.2) is 0 Å². The van der Waals surface area contributed by atoms with Gasteiger partial charge in [0.25, 0.3) is 0 Å². The molecule has 1 heterocycles. The first-order valence-electron chi connectivity index (χ1n) is 9.33. The first-order valence-corrected chi connectivity index (χ1v) is 9.33. The molecule has 1 rings (SSSR count). The van der Waals surface area contributed by atoms with Gasteiger partial charge in [-0.1, -0.05) is 72.6 Å². The normalized spacial score (nSPS) is 17.5. The summed E-state index contributed by atoms with van der Waals surface area (Å²) < 4.78 is 4.93. The number of cyclic esters (lactones) is 1. The van der Waals surface area contributed by atoms with Gasteiger partial charge in [-0.05, 0) is 36.2 Å². The molecule has 0 fully saturated rings. The van der Waals surface area contributed by atoms with E-state index in [9.17, 15) is 4.79 Å². The molecule has 1 aliphatic heterocycles. The minimum atomic E-state index is -0.158. The number of hydrogen-bond acceptors (Lipinski definition) is 2. The van der Waals surface area contributed by atoms with E-state index in [0.717, 1.165) is 24.2 Å². The molecule has 0 saturated carbocycles. The second kappa shape index (κ2) is 10.9. The van der Waals surface area contributed by atoms with Crippen molar-refractivity contribution in [2.45, 2.75) is 85.5 Å². The summed E-state index contributed by atoms with van der Waals surface area (Å²) in [5.74, 6) is 2.39. The number of carbonyl (C=O) groups is 1. The van der Waals surface area contributed by atoms with Crippen LogP contribution in [0.1, 0.15) is 85.5 Å². The highest BCUT2D eigenvalue weighted by Gasteiger charge is 2.13. The quantitative estimate of drug-likeness (QED) is 0.419. The molecule has 2 atom stereocenters. The van der Waals surface area contributed by atoms with Crippen LogP contribution in [0.25, 0.3) is 0 Å². The lowest BCUT2D eigenvalue weighted by Gasteiger charge is -2.15. The van der Waals surface area contributed by atoms with E-state index in [2.05, 4.69) is 27.7 Å². The van der Waals surface area contributed by atoms with Gasteiger partial charge in [-0.15, -0.1) is 0 Å². The van der Waals surface area contributed by atoms with Crippen molar-refractivity contribution in [3.8, 4) is 0 Å². The minimum Gasteiger partial charge on any atom is -0.458 e. The molecular formula is C20H36O2. The lowest BCUT2D eigenvalue weighted by atomic mass is 9.91. The van der Waals surface area contributed by atoms with Crippen LogP contribution in [-0.2, 0) is 9.53 Å². The molecule has 0 aromatic carbocycles. The summed E-state index contributed by atoms with van der Waals surface area (Å²) in [6.45, 7) is 9.94. The zero-order valence-corrected chi connectivity index (χ0v) is 15.2. The van der Waals surface area contributed by atoms with E-state index >= 15 is 0 Å². The van der Waals surface area contributed by atoms with Gasteiger partial charge in [-0.3, -0.25) is 0 Å². The monoisotopic (exact) mass is 308 g/mol. The molecule has 0 saturated heterocycles. The van der Waals surface area contributed by atoms with Gasteiger partial charge in [0, 0.05) is 6.08 Å². The molecule has 0 radical (unpaired) electrons. The van der Waals surface area contributed by atoms with E-state index < -0.39 is 0 Å². The Morgan fingerprint density at radius 1 is 0.909 bits per heavy atom. The Kier molecular flexibility index (Phi) is 9.50. The van der Waals surface area contributed by atoms with Crippen molar-refractivity contribution >= 4 is 5.97 Å². The Morgan fingerprint density at radius 3 is 1.95 bits per heavy atom. The number of carbonyl (C=O) groups excluding carboxylic acids is 1. The van der Waals surface area contributed by atoms with Crippen LogP contribution >= 0.6 is 0 Å². The van der Waals surface area contributed by atoms with Crippen molar-refractivity contribution in [3.05, 3.63) is 11.6 Å². The van der Waals surface area contributed by atoms with E-state index in [1.165, 1.54) is 56.9 Å². The molecular weight excluding hydrogens is 272 g/mol. The molecule has 0 N–H and O–H groups in total. The number of rotatable bonds is 12. The maximum atomic E-state index is 11.0. The summed E-state index contributed by atoms with van der Waals surface area (Å²) in [6.07, 6.45) is 13.4. The standard InChI is InChI=1S/C20H36O2/c1-16(2)8-5-9-17(3)10-6-11-18(4)12-7-13-19-14-20(21)22-15-19/h14,16-18H,5-13,15H2,1-4H3. The Morgan fingerprint density at radius 2 is 1.45 bits per heavy atom. The van der Waals surface area contributed by atoms with Crippen LogP contribution in [-0.4, -0.2) is 12.6 Å². The van der Waals surface area contributed by atoms with Crippen LogP contribution in [0.3, 0.4) is 0 Å². The van der Waals surface area contributed by atoms with Crippen molar-refractivity contribution in [1.82, 2.24) is 0 Å². The maximum Gasteiger partial charge on any atom is 0.331 e. The molecule has 128 valence electrons. The lowest BCUT2D eigenvalue weighted by Crippen LogP contribution is -2.00. The van der Waals surface area contributed by atoms with Crippen LogP contribution in [0.5, 0.6) is 0 Å². The van der Waals surface area contributed by atoms with E-state index in [-0.39, 0.29) is 5.97 Å². The summed E-state index contributed by atoms with van der Waals surface area (Å²) >= 11 is 0. The highest BCUT2D eigenvalue weighted by atomic mass is 16.5. The molecule has 0 bridgehead atoms. The smallest absolute Gasteiger partial charge is 0.331 e. The Balaban J connectivity index is 1.97. The predicted molar refractivity (Wildman–Crippen MR) is 93.8 cm³/mol. The zero-order chi connectivity index (χ0) is 16.4. The average molecular weight is 309 g/mol. The fourth-order valence-corrected chi connectivity index (χ4v) is 3.21. The van der Waals surface area contributed by atoms with Gasteiger partial charge in [0.05, 0.1) is 0 Å². The van der Waals surface area contributed by atoms with Gasteiger partial charge in [-0.25, -0.2) is 4.79 Å². The largest absolute Gasteiger partial charge is 0.458 e. The molecule has 22 heavy (non-hydrogen) atoms. The van der Waals surface area contributed by atoms with Crippen molar-refractivity contribution in [1.29, 1.82) is 0 Å². The fourth-order valence-electron chi connectivity index (χ4n) is 3.21. The Hall–Kier alpha value is -0.790. The highest BCUT2D eigenvalue weighted by molar-refractivity contribution is 5.85. The van der Waals surface area contributed by atoms with Crippen LogP contribution in [0, 0.1) is 17.8 Å². The Labute approximate surface area is 137 Å². The Bertz CT molecular complexity index is 344. The number of esters is 1. The first-order chi connectivity index (χ1) is 10.5. The molecule has 0 aromatic rings. The minimum absolute atomic E-state index is 0.158. The lowest BCUT2D eigenvalue weighted by molar-refractivity contribution is -0.134. The summed E-state index contributed by atoms with van der Waals surface area (Å²) in [7, 11) is 0. The third kappa shape index (κ3) is 9.27. The maximum absolute atomic E-state index is 11.0. The zero-order valence-electron chi connectivity index (χ0n) is 15.2. The summed E-state index contributed by atoms with van der Waals surface area (Å²) in [5.41, 5.74) is 1.18. The fraction of sp³-hybridized carbons (Fsp3) is 0.850. The molecule has 0 amide bonds. The number of hydrogen-bond donors (Lipinski definition) is 0. The van der Waals surface area contributed by atoms with E-state index in [4.69, 9.17) is 4.74 Å². The predicted octanol–water partition coefficient (Wildman–Crippen LogP) is 5.91. The van der Waals surface area contributed by atoms with E-state index in [1.807, 2.05) is 0 Å². The molecule has 0 spiro atoms. The molecule has 2 nitrogen and oxygen atoms in total. The second-order valence-corrected chi connectivity index (χ2v) is 7.77. The van der Waals surface area contributed by atoms with Gasteiger partial charge in [0.2, 0.25) is 0 Å². The van der Waals surface area contributed by atoms with Crippen molar-refractivity contribution in [3.63, 3.8) is 0 Å². The van der Waals surface area contributed by atoms with Crippen LogP contribution in [0.15, 0.2) is 11.6 Å². The van der Waals surface area contributed by atoms with Crippen molar-refractivity contribution in [2.24, 2.45) is 17.8 Å². The van der Waals surface area contributed by atoms with E-state index in [0.29, 0.717) is 6.61 Å². The molecule has 0 aliphatic carbocycles. The average Bonchev–Trinajstić information content (AvgIpc) is 2.84. The van der Waals surface area contributed by atoms with E-state index in [1.54, 1.807) is 6.08 Å². The van der Waals surface area contributed by atoms with Gasteiger partial charge in [-0.2, -0.15) is 0 Å². The molecule has 2 unspecified atom stereocenters. The topological polar surface area (TPSA) is 26.3 Å². The molecule has 1 aliphatic rings. The first kappa shape index (κ1) is 19.3. The van der Waals surface area contributed by atoms with Crippen LogP contribution < -0.4 is 0 Å². The second-order valence-electron chi connectivity index (χ2n) is 7.77. The van der Waals surface area contributed by atoms with Crippen LogP contribution in [0.2, 0.25) is 0 Å². The van der Waals surface area contributed by atoms with Gasteiger partial charge in [0.1, 0.15) is 6.61 Å². The van der Waals surface area contributed by atoms with Crippen LogP contribution in [0.4, 0.5) is 0 Å². The van der Waals surface area contributed by atoms with Crippen molar-refractivity contribution < 1.29 is 9.53 Å². The summed E-state index contributed by atoms with van der Waals surface area (Å²) in [6, 6.07) is 0.